The number of rotatable bonds is 2. The van der Waals surface area contributed by atoms with Crippen molar-refractivity contribution in [3.63, 3.8) is 0 Å². The van der Waals surface area contributed by atoms with E-state index < -0.39 is 0 Å². The van der Waals surface area contributed by atoms with Gasteiger partial charge in [-0.1, -0.05) is 6.07 Å². The Hall–Kier alpha value is -0.740. The van der Waals surface area contributed by atoms with Crippen LogP contribution in [-0.4, -0.2) is 18.8 Å². The minimum atomic E-state index is 0.184. The maximum atomic E-state index is 9.84. The monoisotopic (exact) mass is 271 g/mol. The number of phenols is 1. The molecule has 0 radical (unpaired) electrons. The molecule has 1 saturated heterocycles. The van der Waals surface area contributed by atoms with Crippen molar-refractivity contribution in [3.05, 3.63) is 22.2 Å². The van der Waals surface area contributed by atoms with Crippen LogP contribution in [0.5, 0.6) is 11.5 Å². The minimum absolute atomic E-state index is 0.184. The predicted octanol–water partition coefficient (Wildman–Crippen LogP) is 2.59. The molecule has 3 nitrogen and oxygen atoms in total. The van der Waals surface area contributed by atoms with E-state index in [1.165, 1.54) is 6.42 Å². The van der Waals surface area contributed by atoms with Gasteiger partial charge in [0.2, 0.25) is 0 Å². The van der Waals surface area contributed by atoms with Crippen LogP contribution < -0.4 is 10.1 Å². The predicted molar refractivity (Wildman–Crippen MR) is 62.3 cm³/mol. The standard InChI is InChI=1S/C11H14BrNO2/c1-15-11-7(9-3-2-6-13-9)4-5-8(12)10(11)14/h4-5,9,13-14H,2-3,6H2,1H3. The quantitative estimate of drug-likeness (QED) is 0.869. The summed E-state index contributed by atoms with van der Waals surface area (Å²) in [6, 6.07) is 4.15. The Morgan fingerprint density at radius 1 is 1.53 bits per heavy atom. The lowest BCUT2D eigenvalue weighted by Crippen LogP contribution is -2.13. The molecule has 2 N–H and O–H groups in total. The topological polar surface area (TPSA) is 41.5 Å². The van der Waals surface area contributed by atoms with Crippen LogP contribution in [0.3, 0.4) is 0 Å². The third-order valence-electron chi connectivity index (χ3n) is 2.75. The molecule has 0 amide bonds. The van der Waals surface area contributed by atoms with Gasteiger partial charge in [0.1, 0.15) is 0 Å². The van der Waals surface area contributed by atoms with Crippen molar-refractivity contribution >= 4 is 15.9 Å². The SMILES string of the molecule is COc1c(C2CCCN2)ccc(Br)c1O. The zero-order valence-corrected chi connectivity index (χ0v) is 10.2. The van der Waals surface area contributed by atoms with E-state index in [2.05, 4.69) is 21.2 Å². The maximum Gasteiger partial charge on any atom is 0.172 e. The molecule has 1 aromatic carbocycles. The van der Waals surface area contributed by atoms with Gasteiger partial charge in [0.05, 0.1) is 11.6 Å². The van der Waals surface area contributed by atoms with E-state index in [0.717, 1.165) is 18.5 Å². The summed E-state index contributed by atoms with van der Waals surface area (Å²) in [4.78, 5) is 0. The van der Waals surface area contributed by atoms with Gasteiger partial charge in [0, 0.05) is 11.6 Å². The third-order valence-corrected chi connectivity index (χ3v) is 3.39. The van der Waals surface area contributed by atoms with Crippen LogP contribution in [0.4, 0.5) is 0 Å². The summed E-state index contributed by atoms with van der Waals surface area (Å²) in [6.07, 6.45) is 2.27. The highest BCUT2D eigenvalue weighted by atomic mass is 79.9. The van der Waals surface area contributed by atoms with Crippen molar-refractivity contribution in [2.45, 2.75) is 18.9 Å². The minimum Gasteiger partial charge on any atom is -0.503 e. The second kappa shape index (κ2) is 4.41. The molecule has 1 unspecified atom stereocenters. The largest absolute Gasteiger partial charge is 0.503 e. The number of nitrogens with one attached hydrogen (secondary N) is 1. The van der Waals surface area contributed by atoms with Crippen LogP contribution in [0.1, 0.15) is 24.4 Å². The Kier molecular flexibility index (Phi) is 3.17. The van der Waals surface area contributed by atoms with Gasteiger partial charge in [-0.15, -0.1) is 0 Å². The summed E-state index contributed by atoms with van der Waals surface area (Å²) in [6.45, 7) is 1.03. The number of ether oxygens (including phenoxy) is 1. The summed E-state index contributed by atoms with van der Waals surface area (Å²) in [5.41, 5.74) is 1.04. The lowest BCUT2D eigenvalue weighted by atomic mass is 10.0. The summed E-state index contributed by atoms with van der Waals surface area (Å²) in [7, 11) is 1.58. The van der Waals surface area contributed by atoms with Crippen molar-refractivity contribution in [2.75, 3.05) is 13.7 Å². The summed E-state index contributed by atoms with van der Waals surface area (Å²) < 4.78 is 5.92. The normalized spacial score (nSPS) is 20.5. The van der Waals surface area contributed by atoms with E-state index in [4.69, 9.17) is 4.74 Å². The number of hydrogen-bond acceptors (Lipinski definition) is 3. The first-order valence-corrected chi connectivity index (χ1v) is 5.82. The molecule has 1 heterocycles. The van der Waals surface area contributed by atoms with E-state index in [1.54, 1.807) is 7.11 Å². The highest BCUT2D eigenvalue weighted by molar-refractivity contribution is 9.10. The Morgan fingerprint density at radius 2 is 2.33 bits per heavy atom. The summed E-state index contributed by atoms with van der Waals surface area (Å²) in [5, 5.41) is 13.2. The average Bonchev–Trinajstić information content (AvgIpc) is 2.75. The number of halogens is 1. The van der Waals surface area contributed by atoms with Crippen LogP contribution in [-0.2, 0) is 0 Å². The first-order valence-electron chi connectivity index (χ1n) is 5.02. The lowest BCUT2D eigenvalue weighted by Gasteiger charge is -2.16. The smallest absolute Gasteiger partial charge is 0.172 e. The fraction of sp³-hybridized carbons (Fsp3) is 0.455. The molecule has 0 spiro atoms. The number of benzene rings is 1. The zero-order chi connectivity index (χ0) is 10.8. The van der Waals surface area contributed by atoms with Crippen molar-refractivity contribution in [2.24, 2.45) is 0 Å². The van der Waals surface area contributed by atoms with E-state index in [1.807, 2.05) is 12.1 Å². The molecular weight excluding hydrogens is 258 g/mol. The van der Waals surface area contributed by atoms with Gasteiger partial charge in [0.25, 0.3) is 0 Å². The molecule has 1 aliphatic heterocycles. The van der Waals surface area contributed by atoms with Crippen LogP contribution in [0, 0.1) is 0 Å². The summed E-state index contributed by atoms with van der Waals surface area (Å²) in [5.74, 6) is 0.757. The number of methoxy groups -OCH3 is 1. The fourth-order valence-electron chi connectivity index (χ4n) is 2.00. The van der Waals surface area contributed by atoms with Gasteiger partial charge in [-0.3, -0.25) is 0 Å². The van der Waals surface area contributed by atoms with Crippen LogP contribution in [0.25, 0.3) is 0 Å². The van der Waals surface area contributed by atoms with Crippen molar-refractivity contribution in [3.8, 4) is 11.5 Å². The molecule has 1 aliphatic rings. The van der Waals surface area contributed by atoms with Crippen LogP contribution >= 0.6 is 15.9 Å². The molecule has 1 atom stereocenters. The second-order valence-corrected chi connectivity index (χ2v) is 4.52. The molecule has 0 saturated carbocycles. The maximum absolute atomic E-state index is 9.84. The molecule has 82 valence electrons. The van der Waals surface area contributed by atoms with Gasteiger partial charge in [-0.05, 0) is 41.4 Å². The van der Waals surface area contributed by atoms with Gasteiger partial charge in [-0.25, -0.2) is 0 Å². The average molecular weight is 272 g/mol. The zero-order valence-electron chi connectivity index (χ0n) is 8.59. The Balaban J connectivity index is 2.41. The fourth-order valence-corrected chi connectivity index (χ4v) is 2.31. The molecule has 0 bridgehead atoms. The Morgan fingerprint density at radius 3 is 2.93 bits per heavy atom. The molecule has 0 aromatic heterocycles. The molecule has 15 heavy (non-hydrogen) atoms. The van der Waals surface area contributed by atoms with Crippen molar-refractivity contribution in [1.82, 2.24) is 5.32 Å². The number of hydrogen-bond donors (Lipinski definition) is 2. The Bertz CT molecular complexity index is 362. The number of phenolic OH excluding ortho intramolecular Hbond substituents is 1. The number of aromatic hydroxyl groups is 1. The summed E-state index contributed by atoms with van der Waals surface area (Å²) >= 11 is 3.28. The van der Waals surface area contributed by atoms with Crippen molar-refractivity contribution in [1.29, 1.82) is 0 Å². The second-order valence-electron chi connectivity index (χ2n) is 3.67. The third kappa shape index (κ3) is 1.96. The molecule has 1 fully saturated rings. The molecule has 4 heteroatoms. The van der Waals surface area contributed by atoms with Crippen molar-refractivity contribution < 1.29 is 9.84 Å². The molecule has 2 rings (SSSR count). The highest BCUT2D eigenvalue weighted by Crippen LogP contribution is 2.41. The first-order chi connectivity index (χ1) is 7.24. The lowest BCUT2D eigenvalue weighted by molar-refractivity contribution is 0.363. The van der Waals surface area contributed by atoms with Gasteiger partial charge in [-0.2, -0.15) is 0 Å². The van der Waals surface area contributed by atoms with E-state index in [-0.39, 0.29) is 5.75 Å². The van der Waals surface area contributed by atoms with Gasteiger partial charge < -0.3 is 15.2 Å². The van der Waals surface area contributed by atoms with E-state index >= 15 is 0 Å². The molecule has 1 aromatic rings. The van der Waals surface area contributed by atoms with Gasteiger partial charge >= 0.3 is 0 Å². The Labute approximate surface area is 97.6 Å². The van der Waals surface area contributed by atoms with E-state index in [9.17, 15) is 5.11 Å². The molecule has 0 aliphatic carbocycles. The van der Waals surface area contributed by atoms with Crippen LogP contribution in [0.15, 0.2) is 16.6 Å². The first kappa shape index (κ1) is 10.8. The molecular formula is C11H14BrNO2. The van der Waals surface area contributed by atoms with Crippen LogP contribution in [0.2, 0.25) is 0 Å². The van der Waals surface area contributed by atoms with E-state index in [0.29, 0.717) is 16.3 Å². The highest BCUT2D eigenvalue weighted by Gasteiger charge is 2.22. The van der Waals surface area contributed by atoms with Gasteiger partial charge in [0.15, 0.2) is 11.5 Å².